The summed E-state index contributed by atoms with van der Waals surface area (Å²) in [5.41, 5.74) is 1.08. The van der Waals surface area contributed by atoms with Crippen LogP contribution in [-0.2, 0) is 0 Å². The highest BCUT2D eigenvalue weighted by Crippen LogP contribution is 2.32. The Morgan fingerprint density at radius 1 is 1.21 bits per heavy atom. The monoisotopic (exact) mass is 250 g/mol. The van der Waals surface area contributed by atoms with Gasteiger partial charge in [-0.2, -0.15) is 0 Å². The minimum Gasteiger partial charge on any atom is -0.126 e. The molecule has 0 aliphatic heterocycles. The minimum atomic E-state index is 0.293. The second kappa shape index (κ2) is 5.25. The maximum atomic E-state index is 6.10. The highest BCUT2D eigenvalue weighted by molar-refractivity contribution is 6.35. The lowest BCUT2D eigenvalue weighted by Crippen LogP contribution is -2.08. The van der Waals surface area contributed by atoms with Gasteiger partial charge in [0.25, 0.3) is 0 Å². The van der Waals surface area contributed by atoms with E-state index in [9.17, 15) is 0 Å². The van der Waals surface area contributed by atoms with Gasteiger partial charge in [-0.05, 0) is 23.6 Å². The van der Waals surface area contributed by atoms with Crippen LogP contribution in [-0.4, -0.2) is 5.88 Å². The normalized spacial score (nSPS) is 13.3. The first-order chi connectivity index (χ1) is 6.56. The van der Waals surface area contributed by atoms with Crippen LogP contribution in [0.2, 0.25) is 10.0 Å². The fraction of sp³-hybridized carbons (Fsp3) is 0.455. The molecule has 0 spiro atoms. The van der Waals surface area contributed by atoms with E-state index in [2.05, 4.69) is 13.8 Å². The van der Waals surface area contributed by atoms with Crippen molar-refractivity contribution < 1.29 is 0 Å². The smallest absolute Gasteiger partial charge is 0.0456 e. The van der Waals surface area contributed by atoms with E-state index in [0.717, 1.165) is 5.56 Å². The molecular formula is C11H13Cl3. The average molecular weight is 252 g/mol. The molecule has 0 nitrogen and oxygen atoms in total. The lowest BCUT2D eigenvalue weighted by molar-refractivity contribution is 0.540. The van der Waals surface area contributed by atoms with Crippen LogP contribution >= 0.6 is 34.8 Å². The number of halogens is 3. The van der Waals surface area contributed by atoms with Crippen LogP contribution in [0.4, 0.5) is 0 Å². The molecule has 1 atom stereocenters. The molecule has 1 aromatic rings. The van der Waals surface area contributed by atoms with E-state index in [1.54, 1.807) is 6.07 Å². The molecule has 14 heavy (non-hydrogen) atoms. The minimum absolute atomic E-state index is 0.293. The molecule has 0 N–H and O–H groups in total. The Morgan fingerprint density at radius 3 is 2.29 bits per heavy atom. The summed E-state index contributed by atoms with van der Waals surface area (Å²) in [7, 11) is 0. The first kappa shape index (κ1) is 12.2. The van der Waals surface area contributed by atoms with E-state index >= 15 is 0 Å². The fourth-order valence-corrected chi connectivity index (χ4v) is 2.49. The zero-order valence-electron chi connectivity index (χ0n) is 8.23. The number of hydrogen-bond acceptors (Lipinski definition) is 0. The van der Waals surface area contributed by atoms with Crippen LogP contribution in [0.5, 0.6) is 0 Å². The van der Waals surface area contributed by atoms with Crippen molar-refractivity contribution in [3.63, 3.8) is 0 Å². The Balaban J connectivity index is 3.04. The van der Waals surface area contributed by atoms with Crippen molar-refractivity contribution in [2.45, 2.75) is 19.8 Å². The van der Waals surface area contributed by atoms with E-state index in [1.165, 1.54) is 0 Å². The second-order valence-corrected chi connectivity index (χ2v) is 4.82. The van der Waals surface area contributed by atoms with Gasteiger partial charge in [-0.15, -0.1) is 11.6 Å². The van der Waals surface area contributed by atoms with E-state index in [-0.39, 0.29) is 0 Å². The molecule has 0 heterocycles. The summed E-state index contributed by atoms with van der Waals surface area (Å²) in [4.78, 5) is 0. The molecule has 1 aromatic carbocycles. The van der Waals surface area contributed by atoms with Crippen molar-refractivity contribution in [3.8, 4) is 0 Å². The summed E-state index contributed by atoms with van der Waals surface area (Å²) in [6, 6.07) is 5.57. The summed E-state index contributed by atoms with van der Waals surface area (Å²) in [6.07, 6.45) is 0. The summed E-state index contributed by atoms with van der Waals surface area (Å²) in [6.45, 7) is 4.27. The average Bonchev–Trinajstić information content (AvgIpc) is 2.09. The molecule has 0 radical (unpaired) electrons. The number of rotatable bonds is 3. The van der Waals surface area contributed by atoms with Gasteiger partial charge < -0.3 is 0 Å². The predicted octanol–water partition coefficient (Wildman–Crippen LogP) is 4.97. The van der Waals surface area contributed by atoms with Gasteiger partial charge in [-0.1, -0.05) is 43.1 Å². The molecule has 0 bridgehead atoms. The van der Waals surface area contributed by atoms with Crippen molar-refractivity contribution in [1.29, 1.82) is 0 Å². The highest BCUT2D eigenvalue weighted by Gasteiger charge is 2.17. The molecule has 78 valence electrons. The Hall–Kier alpha value is 0.0900. The molecule has 1 rings (SSSR count). The SMILES string of the molecule is CC(C)C(CCl)c1ccc(Cl)cc1Cl. The molecule has 0 fully saturated rings. The molecule has 1 unspecified atom stereocenters. The number of benzene rings is 1. The molecule has 0 aliphatic carbocycles. The molecule has 0 aliphatic rings. The van der Waals surface area contributed by atoms with Crippen LogP contribution in [0, 0.1) is 5.92 Å². The Bertz CT molecular complexity index is 307. The number of hydrogen-bond donors (Lipinski definition) is 0. The van der Waals surface area contributed by atoms with E-state index in [1.807, 2.05) is 12.1 Å². The predicted molar refractivity (Wildman–Crippen MR) is 64.8 cm³/mol. The van der Waals surface area contributed by atoms with Crippen molar-refractivity contribution in [3.05, 3.63) is 33.8 Å². The Kier molecular flexibility index (Phi) is 4.56. The fourth-order valence-electron chi connectivity index (χ4n) is 1.42. The quantitative estimate of drug-likeness (QED) is 0.665. The van der Waals surface area contributed by atoms with Crippen LogP contribution in [0.1, 0.15) is 25.3 Å². The van der Waals surface area contributed by atoms with Gasteiger partial charge in [0, 0.05) is 21.8 Å². The van der Waals surface area contributed by atoms with Crippen molar-refractivity contribution in [2.24, 2.45) is 5.92 Å². The molecule has 0 saturated heterocycles. The van der Waals surface area contributed by atoms with Gasteiger partial charge in [0.05, 0.1) is 0 Å². The van der Waals surface area contributed by atoms with Crippen molar-refractivity contribution >= 4 is 34.8 Å². The topological polar surface area (TPSA) is 0 Å². The van der Waals surface area contributed by atoms with E-state index < -0.39 is 0 Å². The first-order valence-corrected chi connectivity index (χ1v) is 5.86. The lowest BCUT2D eigenvalue weighted by atomic mass is 9.90. The summed E-state index contributed by atoms with van der Waals surface area (Å²) < 4.78 is 0. The summed E-state index contributed by atoms with van der Waals surface area (Å²) in [5, 5.41) is 1.37. The zero-order chi connectivity index (χ0) is 10.7. The lowest BCUT2D eigenvalue weighted by Gasteiger charge is -2.19. The van der Waals surface area contributed by atoms with Gasteiger partial charge >= 0.3 is 0 Å². The maximum absolute atomic E-state index is 6.10. The summed E-state index contributed by atoms with van der Waals surface area (Å²) >= 11 is 17.8. The third kappa shape index (κ3) is 2.79. The molecule has 0 amide bonds. The summed E-state index contributed by atoms with van der Waals surface area (Å²) in [5.74, 6) is 1.35. The maximum Gasteiger partial charge on any atom is 0.0456 e. The van der Waals surface area contributed by atoms with Gasteiger partial charge in [0.15, 0.2) is 0 Å². The molecule has 0 aromatic heterocycles. The Labute approximate surface area is 100 Å². The largest absolute Gasteiger partial charge is 0.126 e. The van der Waals surface area contributed by atoms with Gasteiger partial charge in [-0.3, -0.25) is 0 Å². The molecule has 0 saturated carbocycles. The van der Waals surface area contributed by atoms with Crippen LogP contribution in [0.25, 0.3) is 0 Å². The van der Waals surface area contributed by atoms with Crippen molar-refractivity contribution in [1.82, 2.24) is 0 Å². The Morgan fingerprint density at radius 2 is 1.86 bits per heavy atom. The highest BCUT2D eigenvalue weighted by atomic mass is 35.5. The standard InChI is InChI=1S/C11H13Cl3/c1-7(2)10(6-12)9-4-3-8(13)5-11(9)14/h3-5,7,10H,6H2,1-2H3. The van der Waals surface area contributed by atoms with Gasteiger partial charge in [0.2, 0.25) is 0 Å². The third-order valence-corrected chi connectivity index (χ3v) is 3.23. The third-order valence-electron chi connectivity index (χ3n) is 2.33. The van der Waals surface area contributed by atoms with E-state index in [4.69, 9.17) is 34.8 Å². The van der Waals surface area contributed by atoms with Crippen LogP contribution < -0.4 is 0 Å². The molecule has 3 heteroatoms. The van der Waals surface area contributed by atoms with Crippen LogP contribution in [0.15, 0.2) is 18.2 Å². The van der Waals surface area contributed by atoms with Crippen molar-refractivity contribution in [2.75, 3.05) is 5.88 Å². The van der Waals surface area contributed by atoms with Crippen LogP contribution in [0.3, 0.4) is 0 Å². The van der Waals surface area contributed by atoms with Gasteiger partial charge in [0.1, 0.15) is 0 Å². The van der Waals surface area contributed by atoms with E-state index in [0.29, 0.717) is 27.8 Å². The van der Waals surface area contributed by atoms with Gasteiger partial charge in [-0.25, -0.2) is 0 Å². The second-order valence-electron chi connectivity index (χ2n) is 3.67. The zero-order valence-corrected chi connectivity index (χ0v) is 10.5. The first-order valence-electron chi connectivity index (χ1n) is 4.57. The molecular weight excluding hydrogens is 238 g/mol. The number of alkyl halides is 1.